The molecule has 2 aromatic heterocycles. The van der Waals surface area contributed by atoms with E-state index in [4.69, 9.17) is 4.42 Å². The minimum absolute atomic E-state index is 0.00133. The van der Waals surface area contributed by atoms with E-state index >= 15 is 0 Å². The number of hydrogen-bond donors (Lipinski definition) is 2. The van der Waals surface area contributed by atoms with Crippen molar-refractivity contribution >= 4 is 39.0 Å². The van der Waals surface area contributed by atoms with Crippen LogP contribution in [0.2, 0.25) is 0 Å². The maximum atomic E-state index is 12.9. The van der Waals surface area contributed by atoms with Gasteiger partial charge in [0.2, 0.25) is 5.91 Å². The molecule has 140 valence electrons. The number of anilines is 2. The number of amides is 1. The topological polar surface area (TPSA) is 84.2 Å². The summed E-state index contributed by atoms with van der Waals surface area (Å²) in [7, 11) is 0. The number of rotatable bonds is 5. The predicted molar refractivity (Wildman–Crippen MR) is 107 cm³/mol. The molecule has 2 N–H and O–H groups in total. The van der Waals surface area contributed by atoms with Crippen LogP contribution >= 0.6 is 11.3 Å². The molecule has 2 heterocycles. The monoisotopic (exact) mass is 395 g/mol. The highest BCUT2D eigenvalue weighted by molar-refractivity contribution is 7.14. The molecule has 0 radical (unpaired) electrons. The Morgan fingerprint density at radius 1 is 1.14 bits per heavy atom. The summed E-state index contributed by atoms with van der Waals surface area (Å²) in [6.45, 7) is -0.00133. The zero-order chi connectivity index (χ0) is 19.5. The number of hydrogen-bond acceptors (Lipinski definition) is 6. The third-order valence-electron chi connectivity index (χ3n) is 3.97. The van der Waals surface area contributed by atoms with Gasteiger partial charge in [-0.3, -0.25) is 4.79 Å². The molecule has 0 spiro atoms. The average molecular weight is 395 g/mol. The summed E-state index contributed by atoms with van der Waals surface area (Å²) in [6.07, 6.45) is 0. The second-order valence-corrected chi connectivity index (χ2v) is 6.79. The van der Waals surface area contributed by atoms with Crippen molar-refractivity contribution in [2.75, 3.05) is 17.2 Å². The minimum atomic E-state index is -0.486. The van der Waals surface area contributed by atoms with Gasteiger partial charge >= 0.3 is 5.63 Å². The second kappa shape index (κ2) is 7.61. The van der Waals surface area contributed by atoms with E-state index in [1.165, 1.54) is 23.5 Å². The number of carbonyl (C=O) groups excluding carboxylic acids is 1. The van der Waals surface area contributed by atoms with Crippen LogP contribution in [0, 0.1) is 5.82 Å². The van der Waals surface area contributed by atoms with Gasteiger partial charge in [0, 0.05) is 16.5 Å². The Labute approximate surface area is 162 Å². The molecule has 0 unspecified atom stereocenters. The number of para-hydroxylation sites is 1. The molecule has 0 bridgehead atoms. The first-order valence-electron chi connectivity index (χ1n) is 8.36. The third-order valence-corrected chi connectivity index (χ3v) is 4.72. The van der Waals surface area contributed by atoms with E-state index in [0.29, 0.717) is 27.7 Å². The lowest BCUT2D eigenvalue weighted by molar-refractivity contribution is -0.114. The molecule has 1 amide bonds. The van der Waals surface area contributed by atoms with Crippen LogP contribution in [0.1, 0.15) is 0 Å². The minimum Gasteiger partial charge on any atom is -0.422 e. The molecule has 6 nitrogen and oxygen atoms in total. The highest BCUT2D eigenvalue weighted by Crippen LogP contribution is 2.25. The van der Waals surface area contributed by atoms with Crippen molar-refractivity contribution in [3.05, 3.63) is 76.2 Å². The summed E-state index contributed by atoms with van der Waals surface area (Å²) in [5.41, 5.74) is 1.42. The largest absolute Gasteiger partial charge is 0.422 e. The van der Waals surface area contributed by atoms with Crippen LogP contribution in [-0.4, -0.2) is 17.4 Å². The molecular formula is C20H14FN3O3S. The quantitative estimate of drug-likeness (QED) is 0.497. The Balaban J connectivity index is 1.45. The highest BCUT2D eigenvalue weighted by Gasteiger charge is 2.13. The zero-order valence-electron chi connectivity index (χ0n) is 14.4. The van der Waals surface area contributed by atoms with E-state index in [0.717, 1.165) is 5.39 Å². The molecule has 0 aliphatic rings. The first-order chi connectivity index (χ1) is 13.6. The van der Waals surface area contributed by atoms with Crippen LogP contribution in [-0.2, 0) is 4.79 Å². The standard InChI is InChI=1S/C20H14FN3O3S/c21-13-5-7-14(8-6-13)22-10-18(25)24-20-23-16(11-28-20)15-9-12-3-1-2-4-17(12)27-19(15)26/h1-9,11,22H,10H2,(H,23,24,25). The van der Waals surface area contributed by atoms with Gasteiger partial charge in [0.1, 0.15) is 11.4 Å². The van der Waals surface area contributed by atoms with Gasteiger partial charge in [-0.2, -0.15) is 0 Å². The van der Waals surface area contributed by atoms with Gasteiger partial charge in [0.05, 0.1) is 17.8 Å². The molecule has 0 aliphatic carbocycles. The van der Waals surface area contributed by atoms with Gasteiger partial charge in [-0.25, -0.2) is 14.2 Å². The second-order valence-electron chi connectivity index (χ2n) is 5.93. The van der Waals surface area contributed by atoms with E-state index in [2.05, 4.69) is 15.6 Å². The number of aromatic nitrogens is 1. The lowest BCUT2D eigenvalue weighted by Crippen LogP contribution is -2.21. The van der Waals surface area contributed by atoms with Crippen LogP contribution in [0.3, 0.4) is 0 Å². The molecule has 8 heteroatoms. The molecule has 2 aromatic carbocycles. The van der Waals surface area contributed by atoms with Crippen molar-refractivity contribution in [1.82, 2.24) is 4.98 Å². The predicted octanol–water partition coefficient (Wildman–Crippen LogP) is 4.11. The summed E-state index contributed by atoms with van der Waals surface area (Å²) in [4.78, 5) is 28.6. The number of carbonyl (C=O) groups is 1. The number of benzene rings is 2. The van der Waals surface area contributed by atoms with Crippen LogP contribution in [0.5, 0.6) is 0 Å². The number of fused-ring (bicyclic) bond motifs is 1. The number of halogens is 1. The van der Waals surface area contributed by atoms with Gasteiger partial charge < -0.3 is 15.1 Å². The fourth-order valence-corrected chi connectivity index (χ4v) is 3.34. The Kier molecular flexibility index (Phi) is 4.86. The summed E-state index contributed by atoms with van der Waals surface area (Å²) in [5, 5.41) is 8.41. The van der Waals surface area contributed by atoms with Crippen LogP contribution in [0.4, 0.5) is 15.2 Å². The summed E-state index contributed by atoms with van der Waals surface area (Å²) >= 11 is 1.21. The molecule has 0 atom stereocenters. The molecule has 0 aliphatic heterocycles. The molecule has 4 rings (SSSR count). The molecule has 0 fully saturated rings. The summed E-state index contributed by atoms with van der Waals surface area (Å²) < 4.78 is 18.2. The van der Waals surface area contributed by atoms with E-state index in [1.807, 2.05) is 12.1 Å². The first kappa shape index (κ1) is 17.9. The molecular weight excluding hydrogens is 381 g/mol. The Bertz CT molecular complexity index is 1200. The van der Waals surface area contributed by atoms with E-state index in [9.17, 15) is 14.0 Å². The number of nitrogens with zero attached hydrogens (tertiary/aromatic N) is 1. The van der Waals surface area contributed by atoms with Crippen molar-refractivity contribution < 1.29 is 13.6 Å². The van der Waals surface area contributed by atoms with Crippen molar-refractivity contribution in [1.29, 1.82) is 0 Å². The van der Waals surface area contributed by atoms with Crippen molar-refractivity contribution in [2.24, 2.45) is 0 Å². The molecule has 0 saturated carbocycles. The summed E-state index contributed by atoms with van der Waals surface area (Å²) in [5.74, 6) is -0.653. The average Bonchev–Trinajstić information content (AvgIpc) is 3.15. The van der Waals surface area contributed by atoms with Crippen molar-refractivity contribution in [2.45, 2.75) is 0 Å². The lowest BCUT2D eigenvalue weighted by atomic mass is 10.1. The normalized spacial score (nSPS) is 10.8. The van der Waals surface area contributed by atoms with E-state index in [1.54, 1.807) is 35.7 Å². The fourth-order valence-electron chi connectivity index (χ4n) is 2.61. The van der Waals surface area contributed by atoms with Crippen molar-refractivity contribution in [3.8, 4) is 11.3 Å². The smallest absolute Gasteiger partial charge is 0.345 e. The fraction of sp³-hybridized carbons (Fsp3) is 0.0500. The first-order valence-corrected chi connectivity index (χ1v) is 9.24. The van der Waals surface area contributed by atoms with Crippen LogP contribution in [0.15, 0.2) is 69.2 Å². The van der Waals surface area contributed by atoms with Gasteiger partial charge in [-0.1, -0.05) is 18.2 Å². The Morgan fingerprint density at radius 3 is 2.75 bits per heavy atom. The Morgan fingerprint density at radius 2 is 1.93 bits per heavy atom. The van der Waals surface area contributed by atoms with E-state index in [-0.39, 0.29) is 18.3 Å². The SMILES string of the molecule is O=C(CNc1ccc(F)cc1)Nc1nc(-c2cc3ccccc3oc2=O)cs1. The van der Waals surface area contributed by atoms with Crippen LogP contribution < -0.4 is 16.3 Å². The maximum Gasteiger partial charge on any atom is 0.345 e. The van der Waals surface area contributed by atoms with Crippen molar-refractivity contribution in [3.63, 3.8) is 0 Å². The summed E-state index contributed by atoms with van der Waals surface area (Å²) in [6, 6.07) is 14.6. The van der Waals surface area contributed by atoms with Gasteiger partial charge in [-0.05, 0) is 36.4 Å². The zero-order valence-corrected chi connectivity index (χ0v) is 15.3. The number of thiazole rings is 1. The van der Waals surface area contributed by atoms with Gasteiger partial charge in [0.15, 0.2) is 5.13 Å². The maximum absolute atomic E-state index is 12.9. The van der Waals surface area contributed by atoms with Gasteiger partial charge in [-0.15, -0.1) is 11.3 Å². The molecule has 4 aromatic rings. The molecule has 0 saturated heterocycles. The highest BCUT2D eigenvalue weighted by atomic mass is 32.1. The lowest BCUT2D eigenvalue weighted by Gasteiger charge is -2.05. The third kappa shape index (κ3) is 3.91. The van der Waals surface area contributed by atoms with Gasteiger partial charge in [0.25, 0.3) is 0 Å². The molecule has 28 heavy (non-hydrogen) atoms. The number of nitrogens with one attached hydrogen (secondary N) is 2. The Hall–Kier alpha value is -3.52. The van der Waals surface area contributed by atoms with Crippen LogP contribution in [0.25, 0.3) is 22.2 Å². The van der Waals surface area contributed by atoms with E-state index < -0.39 is 5.63 Å².